The average Bonchev–Trinajstić information content (AvgIpc) is 2.53. The zero-order valence-electron chi connectivity index (χ0n) is 16.3. The number of alkyl carbamates (subject to hydrolysis) is 1. The maximum absolute atomic E-state index is 12.8. The minimum Gasteiger partial charge on any atom is -0.507 e. The molecule has 0 spiro atoms. The molecular weight excluding hydrogens is 332 g/mol. The highest BCUT2D eigenvalue weighted by Crippen LogP contribution is 2.25. The van der Waals surface area contributed by atoms with Crippen LogP contribution in [0.1, 0.15) is 69.3 Å². The first-order chi connectivity index (χ1) is 12.1. The quantitative estimate of drug-likeness (QED) is 0.860. The van der Waals surface area contributed by atoms with Crippen molar-refractivity contribution in [1.29, 1.82) is 0 Å². The van der Waals surface area contributed by atoms with Gasteiger partial charge in [0.25, 0.3) is 5.91 Å². The Morgan fingerprint density at radius 1 is 1.23 bits per heavy atom. The van der Waals surface area contributed by atoms with Crippen LogP contribution < -0.4 is 5.32 Å². The number of hydrogen-bond acceptors (Lipinski definition) is 4. The molecule has 2 amide bonds. The average molecular weight is 362 g/mol. The monoisotopic (exact) mass is 362 g/mol. The molecule has 26 heavy (non-hydrogen) atoms. The molecule has 0 bridgehead atoms. The summed E-state index contributed by atoms with van der Waals surface area (Å²) in [6.45, 7) is 10.6. The van der Waals surface area contributed by atoms with Gasteiger partial charge in [0.2, 0.25) is 0 Å². The Hall–Kier alpha value is -2.24. The predicted octanol–water partition coefficient (Wildman–Crippen LogP) is 3.64. The molecule has 2 N–H and O–H groups in total. The lowest BCUT2D eigenvalue weighted by molar-refractivity contribution is 0.0473. The Morgan fingerprint density at radius 3 is 2.38 bits per heavy atom. The van der Waals surface area contributed by atoms with Crippen LogP contribution in [0.4, 0.5) is 4.79 Å². The van der Waals surface area contributed by atoms with Gasteiger partial charge < -0.3 is 20.1 Å². The van der Waals surface area contributed by atoms with E-state index in [1.165, 1.54) is 0 Å². The second-order valence-corrected chi connectivity index (χ2v) is 8.14. The van der Waals surface area contributed by atoms with Gasteiger partial charge in [0.1, 0.15) is 11.4 Å². The first-order valence-corrected chi connectivity index (χ1v) is 9.18. The van der Waals surface area contributed by atoms with E-state index < -0.39 is 11.7 Å². The van der Waals surface area contributed by atoms with Gasteiger partial charge in [-0.2, -0.15) is 0 Å². The molecule has 0 radical (unpaired) electrons. The van der Waals surface area contributed by atoms with Crippen LogP contribution in [0.5, 0.6) is 5.75 Å². The molecule has 1 aromatic carbocycles. The summed E-state index contributed by atoms with van der Waals surface area (Å²) in [6, 6.07) is 5.19. The molecule has 0 unspecified atom stereocenters. The Bertz CT molecular complexity index is 656. The fourth-order valence-electron chi connectivity index (χ4n) is 2.96. The molecule has 0 saturated carbocycles. The number of rotatable bonds is 3. The van der Waals surface area contributed by atoms with Gasteiger partial charge in [-0.25, -0.2) is 4.79 Å². The summed E-state index contributed by atoms with van der Waals surface area (Å²) in [6.07, 6.45) is 0.898. The van der Waals surface area contributed by atoms with Crippen molar-refractivity contribution in [2.45, 2.75) is 65.0 Å². The number of benzene rings is 1. The molecule has 6 nitrogen and oxygen atoms in total. The SMILES string of the molecule is CC(C)c1ccc(O)c(C(=O)N2CCC(NC(=O)OC(C)(C)C)CC2)c1. The van der Waals surface area contributed by atoms with Crippen LogP contribution in [0.25, 0.3) is 0 Å². The van der Waals surface area contributed by atoms with Crippen molar-refractivity contribution in [3.8, 4) is 5.75 Å². The predicted molar refractivity (Wildman–Crippen MR) is 100 cm³/mol. The number of ether oxygens (including phenoxy) is 1. The summed E-state index contributed by atoms with van der Waals surface area (Å²) >= 11 is 0. The van der Waals surface area contributed by atoms with Crippen LogP contribution in [0.2, 0.25) is 0 Å². The van der Waals surface area contributed by atoms with Crippen LogP contribution in [-0.2, 0) is 4.74 Å². The number of carbonyl (C=O) groups excluding carboxylic acids is 2. The number of phenolic OH excluding ortho intramolecular Hbond substituents is 1. The minimum absolute atomic E-state index is 0.00778. The van der Waals surface area contributed by atoms with E-state index in [0.29, 0.717) is 31.5 Å². The van der Waals surface area contributed by atoms with E-state index >= 15 is 0 Å². The van der Waals surface area contributed by atoms with Gasteiger partial charge in [-0.3, -0.25) is 4.79 Å². The molecule has 0 aliphatic carbocycles. The van der Waals surface area contributed by atoms with E-state index in [-0.39, 0.29) is 23.6 Å². The maximum Gasteiger partial charge on any atom is 0.407 e. The number of hydrogen-bond donors (Lipinski definition) is 2. The van der Waals surface area contributed by atoms with Crippen molar-refractivity contribution in [2.75, 3.05) is 13.1 Å². The van der Waals surface area contributed by atoms with Crippen molar-refractivity contribution in [3.63, 3.8) is 0 Å². The summed E-state index contributed by atoms with van der Waals surface area (Å²) in [5, 5.41) is 12.9. The number of likely N-dealkylation sites (tertiary alicyclic amines) is 1. The number of carbonyl (C=O) groups is 2. The molecule has 1 saturated heterocycles. The lowest BCUT2D eigenvalue weighted by Crippen LogP contribution is -2.47. The Kier molecular flexibility index (Phi) is 6.16. The van der Waals surface area contributed by atoms with Crippen molar-refractivity contribution in [2.24, 2.45) is 0 Å². The molecular formula is C20H30N2O4. The number of piperidine rings is 1. The van der Waals surface area contributed by atoms with Gasteiger partial charge in [0.05, 0.1) is 5.56 Å². The van der Waals surface area contributed by atoms with E-state index in [4.69, 9.17) is 4.74 Å². The second-order valence-electron chi connectivity index (χ2n) is 8.14. The van der Waals surface area contributed by atoms with Crippen LogP contribution in [0, 0.1) is 0 Å². The third-order valence-corrected chi connectivity index (χ3v) is 4.42. The maximum atomic E-state index is 12.8. The zero-order chi connectivity index (χ0) is 19.5. The van der Waals surface area contributed by atoms with E-state index in [0.717, 1.165) is 5.56 Å². The molecule has 0 atom stereocenters. The summed E-state index contributed by atoms with van der Waals surface area (Å²) in [5.74, 6) is 0.125. The Morgan fingerprint density at radius 2 is 1.85 bits per heavy atom. The standard InChI is InChI=1S/C20H30N2O4/c1-13(2)14-6-7-17(23)16(12-14)18(24)22-10-8-15(9-11-22)21-19(25)26-20(3,4)5/h6-7,12-13,15,23H,8-11H2,1-5H3,(H,21,25). The fourth-order valence-corrected chi connectivity index (χ4v) is 2.96. The van der Waals surface area contributed by atoms with Crippen molar-refractivity contribution >= 4 is 12.0 Å². The number of nitrogens with one attached hydrogen (secondary N) is 1. The van der Waals surface area contributed by atoms with Gasteiger partial charge in [-0.05, 0) is 57.2 Å². The lowest BCUT2D eigenvalue weighted by Gasteiger charge is -2.33. The molecule has 1 heterocycles. The largest absolute Gasteiger partial charge is 0.507 e. The summed E-state index contributed by atoms with van der Waals surface area (Å²) < 4.78 is 5.27. The highest BCUT2D eigenvalue weighted by molar-refractivity contribution is 5.97. The number of amides is 2. The van der Waals surface area contributed by atoms with E-state index in [9.17, 15) is 14.7 Å². The minimum atomic E-state index is -0.528. The summed E-state index contributed by atoms with van der Waals surface area (Å²) in [5.41, 5.74) is 0.835. The Labute approximate surface area is 155 Å². The molecule has 1 aromatic rings. The van der Waals surface area contributed by atoms with Crippen LogP contribution in [0.15, 0.2) is 18.2 Å². The van der Waals surface area contributed by atoms with Crippen molar-refractivity contribution in [3.05, 3.63) is 29.3 Å². The highest BCUT2D eigenvalue weighted by Gasteiger charge is 2.27. The Balaban J connectivity index is 1.94. The van der Waals surface area contributed by atoms with E-state index in [1.54, 1.807) is 17.0 Å². The number of phenols is 1. The fraction of sp³-hybridized carbons (Fsp3) is 0.600. The van der Waals surface area contributed by atoms with Gasteiger partial charge >= 0.3 is 6.09 Å². The topological polar surface area (TPSA) is 78.9 Å². The van der Waals surface area contributed by atoms with Gasteiger partial charge in [-0.15, -0.1) is 0 Å². The molecule has 6 heteroatoms. The van der Waals surface area contributed by atoms with Crippen molar-refractivity contribution in [1.82, 2.24) is 10.2 Å². The third-order valence-electron chi connectivity index (χ3n) is 4.42. The zero-order valence-corrected chi connectivity index (χ0v) is 16.3. The number of aromatic hydroxyl groups is 1. The summed E-state index contributed by atoms with van der Waals surface area (Å²) in [4.78, 5) is 26.4. The molecule has 0 aromatic heterocycles. The molecule has 144 valence electrons. The highest BCUT2D eigenvalue weighted by atomic mass is 16.6. The van der Waals surface area contributed by atoms with Crippen LogP contribution in [0.3, 0.4) is 0 Å². The van der Waals surface area contributed by atoms with Crippen LogP contribution in [-0.4, -0.2) is 46.7 Å². The smallest absolute Gasteiger partial charge is 0.407 e. The van der Waals surface area contributed by atoms with E-state index in [1.807, 2.05) is 26.8 Å². The van der Waals surface area contributed by atoms with Gasteiger partial charge in [-0.1, -0.05) is 19.9 Å². The first kappa shape index (κ1) is 20.1. The summed E-state index contributed by atoms with van der Waals surface area (Å²) in [7, 11) is 0. The first-order valence-electron chi connectivity index (χ1n) is 9.18. The molecule has 1 fully saturated rings. The lowest BCUT2D eigenvalue weighted by atomic mass is 9.98. The second kappa shape index (κ2) is 7.98. The third kappa shape index (κ3) is 5.38. The number of nitrogens with zero attached hydrogens (tertiary/aromatic N) is 1. The normalized spacial score (nSPS) is 15.8. The van der Waals surface area contributed by atoms with Crippen LogP contribution >= 0.6 is 0 Å². The molecule has 1 aliphatic heterocycles. The van der Waals surface area contributed by atoms with Gasteiger partial charge in [0.15, 0.2) is 0 Å². The van der Waals surface area contributed by atoms with E-state index in [2.05, 4.69) is 19.2 Å². The molecule has 2 rings (SSSR count). The van der Waals surface area contributed by atoms with Crippen molar-refractivity contribution < 1.29 is 19.4 Å². The molecule has 1 aliphatic rings. The van der Waals surface area contributed by atoms with Gasteiger partial charge in [0, 0.05) is 19.1 Å².